The van der Waals surface area contributed by atoms with Gasteiger partial charge in [0.2, 0.25) is 0 Å². The van der Waals surface area contributed by atoms with Gasteiger partial charge in [-0.1, -0.05) is 25.6 Å². The lowest BCUT2D eigenvalue weighted by molar-refractivity contribution is 0.294. The van der Waals surface area contributed by atoms with Crippen molar-refractivity contribution in [1.29, 1.82) is 0 Å². The van der Waals surface area contributed by atoms with E-state index in [1.165, 1.54) is 0 Å². The third-order valence-corrected chi connectivity index (χ3v) is 1.89. The summed E-state index contributed by atoms with van der Waals surface area (Å²) >= 11 is 0. The molecule has 0 fully saturated rings. The fourth-order valence-electron chi connectivity index (χ4n) is 1.14. The van der Waals surface area contributed by atoms with Crippen molar-refractivity contribution in [3.05, 3.63) is 30.3 Å². The van der Waals surface area contributed by atoms with Crippen LogP contribution in [0.1, 0.15) is 18.9 Å². The fourth-order valence-corrected chi connectivity index (χ4v) is 1.14. The quantitative estimate of drug-likeness (QED) is 0.713. The van der Waals surface area contributed by atoms with Crippen molar-refractivity contribution < 1.29 is 9.47 Å². The van der Waals surface area contributed by atoms with Gasteiger partial charge in [0.15, 0.2) is 11.5 Å². The molecule has 0 atom stereocenters. The van der Waals surface area contributed by atoms with Crippen molar-refractivity contribution in [2.24, 2.45) is 0 Å². The molecule has 0 N–H and O–H groups in total. The molecular formula is C12H16O2. The number of ether oxygens (including phenoxy) is 2. The van der Waals surface area contributed by atoms with Crippen LogP contribution in [0.25, 0.3) is 6.08 Å². The molecule has 0 unspecified atom stereocenters. The monoisotopic (exact) mass is 192 g/mol. The Kier molecular flexibility index (Phi) is 4.05. The Balaban J connectivity index is 2.87. The largest absolute Gasteiger partial charge is 0.493 e. The van der Waals surface area contributed by atoms with E-state index in [1.54, 1.807) is 13.2 Å². The Morgan fingerprint density at radius 1 is 1.36 bits per heavy atom. The second kappa shape index (κ2) is 5.32. The minimum Gasteiger partial charge on any atom is -0.493 e. The van der Waals surface area contributed by atoms with Gasteiger partial charge in [-0.2, -0.15) is 0 Å². The normalized spacial score (nSPS) is 9.57. The van der Waals surface area contributed by atoms with Gasteiger partial charge in [-0.05, 0) is 24.1 Å². The van der Waals surface area contributed by atoms with Crippen molar-refractivity contribution in [2.45, 2.75) is 13.3 Å². The molecule has 0 saturated carbocycles. The summed E-state index contributed by atoms with van der Waals surface area (Å²) in [7, 11) is 1.64. The van der Waals surface area contributed by atoms with Gasteiger partial charge in [0, 0.05) is 0 Å². The topological polar surface area (TPSA) is 18.5 Å². The summed E-state index contributed by atoms with van der Waals surface area (Å²) in [5, 5.41) is 0. The van der Waals surface area contributed by atoms with Gasteiger partial charge in [0.05, 0.1) is 13.7 Å². The van der Waals surface area contributed by atoms with Crippen molar-refractivity contribution in [1.82, 2.24) is 0 Å². The first-order valence-electron chi connectivity index (χ1n) is 4.75. The van der Waals surface area contributed by atoms with Gasteiger partial charge in [-0.25, -0.2) is 0 Å². The zero-order valence-electron chi connectivity index (χ0n) is 8.75. The van der Waals surface area contributed by atoms with E-state index in [0.29, 0.717) is 6.61 Å². The average molecular weight is 192 g/mol. The standard InChI is InChI=1S/C12H16O2/c1-4-8-14-11-7-6-10(5-2)9-12(11)13-3/h5-7,9H,2,4,8H2,1,3H3. The van der Waals surface area contributed by atoms with Crippen molar-refractivity contribution >= 4 is 6.08 Å². The molecule has 2 heteroatoms. The van der Waals surface area contributed by atoms with Crippen LogP contribution >= 0.6 is 0 Å². The molecular weight excluding hydrogens is 176 g/mol. The number of hydrogen-bond acceptors (Lipinski definition) is 2. The summed E-state index contributed by atoms with van der Waals surface area (Å²) in [6.07, 6.45) is 2.78. The molecule has 2 nitrogen and oxygen atoms in total. The van der Waals surface area contributed by atoms with E-state index in [2.05, 4.69) is 13.5 Å². The molecule has 0 heterocycles. The first kappa shape index (κ1) is 10.6. The van der Waals surface area contributed by atoms with Crippen molar-refractivity contribution in [3.63, 3.8) is 0 Å². The SMILES string of the molecule is C=Cc1ccc(OCCC)c(OC)c1. The maximum atomic E-state index is 5.52. The smallest absolute Gasteiger partial charge is 0.161 e. The highest BCUT2D eigenvalue weighted by atomic mass is 16.5. The van der Waals surface area contributed by atoms with Crippen LogP contribution < -0.4 is 9.47 Å². The van der Waals surface area contributed by atoms with Gasteiger partial charge in [0.25, 0.3) is 0 Å². The Hall–Kier alpha value is -1.44. The summed E-state index contributed by atoms with van der Waals surface area (Å²) in [5.41, 5.74) is 1.03. The number of methoxy groups -OCH3 is 1. The molecule has 0 amide bonds. The highest BCUT2D eigenvalue weighted by Gasteiger charge is 2.03. The lowest BCUT2D eigenvalue weighted by Gasteiger charge is -2.10. The van der Waals surface area contributed by atoms with E-state index in [-0.39, 0.29) is 0 Å². The molecule has 0 aliphatic rings. The second-order valence-electron chi connectivity index (χ2n) is 2.96. The predicted molar refractivity (Wildman–Crippen MR) is 58.9 cm³/mol. The zero-order valence-corrected chi connectivity index (χ0v) is 8.75. The van der Waals surface area contributed by atoms with Gasteiger partial charge < -0.3 is 9.47 Å². The summed E-state index contributed by atoms with van der Waals surface area (Å²) in [5.74, 6) is 1.55. The summed E-state index contributed by atoms with van der Waals surface area (Å²) < 4.78 is 10.7. The minimum absolute atomic E-state index is 0.712. The number of hydrogen-bond donors (Lipinski definition) is 0. The Labute approximate surface area is 85.2 Å². The summed E-state index contributed by atoms with van der Waals surface area (Å²) in [6.45, 7) is 6.49. The Bertz CT molecular complexity index is 305. The zero-order chi connectivity index (χ0) is 10.4. The Morgan fingerprint density at radius 2 is 2.14 bits per heavy atom. The number of benzene rings is 1. The van der Waals surface area contributed by atoms with Crippen molar-refractivity contribution in [2.75, 3.05) is 13.7 Å². The molecule has 1 aromatic rings. The minimum atomic E-state index is 0.712. The van der Waals surface area contributed by atoms with Crippen LogP contribution in [0.15, 0.2) is 24.8 Å². The van der Waals surface area contributed by atoms with Gasteiger partial charge >= 0.3 is 0 Å². The summed E-state index contributed by atoms with van der Waals surface area (Å²) in [6, 6.07) is 5.78. The number of rotatable bonds is 5. The lowest BCUT2D eigenvalue weighted by atomic mass is 10.2. The molecule has 0 aliphatic heterocycles. The predicted octanol–water partition coefficient (Wildman–Crippen LogP) is 3.13. The van der Waals surface area contributed by atoms with Gasteiger partial charge in [-0.15, -0.1) is 0 Å². The Morgan fingerprint density at radius 3 is 2.71 bits per heavy atom. The molecule has 1 rings (SSSR count). The van der Waals surface area contributed by atoms with Crippen LogP contribution in [0, 0.1) is 0 Å². The van der Waals surface area contributed by atoms with Crippen LogP contribution in [0.3, 0.4) is 0 Å². The third kappa shape index (κ3) is 2.52. The van der Waals surface area contributed by atoms with Crippen LogP contribution in [0.5, 0.6) is 11.5 Å². The molecule has 14 heavy (non-hydrogen) atoms. The molecule has 0 aliphatic carbocycles. The molecule has 1 aromatic carbocycles. The molecule has 0 aromatic heterocycles. The highest BCUT2D eigenvalue weighted by molar-refractivity contribution is 5.54. The van der Waals surface area contributed by atoms with E-state index in [1.807, 2.05) is 18.2 Å². The first-order valence-corrected chi connectivity index (χ1v) is 4.75. The van der Waals surface area contributed by atoms with Gasteiger partial charge in [0.1, 0.15) is 0 Å². The first-order chi connectivity index (χ1) is 6.81. The van der Waals surface area contributed by atoms with E-state index in [9.17, 15) is 0 Å². The third-order valence-electron chi connectivity index (χ3n) is 1.89. The molecule has 0 bridgehead atoms. The fraction of sp³-hybridized carbons (Fsp3) is 0.333. The lowest BCUT2D eigenvalue weighted by Crippen LogP contribution is -1.97. The second-order valence-corrected chi connectivity index (χ2v) is 2.96. The maximum Gasteiger partial charge on any atom is 0.161 e. The van der Waals surface area contributed by atoms with E-state index >= 15 is 0 Å². The maximum absolute atomic E-state index is 5.52. The van der Waals surface area contributed by atoms with Crippen molar-refractivity contribution in [3.8, 4) is 11.5 Å². The van der Waals surface area contributed by atoms with E-state index in [4.69, 9.17) is 9.47 Å². The van der Waals surface area contributed by atoms with E-state index < -0.39 is 0 Å². The molecule has 76 valence electrons. The van der Waals surface area contributed by atoms with Crippen LogP contribution in [0.4, 0.5) is 0 Å². The molecule has 0 spiro atoms. The summed E-state index contributed by atoms with van der Waals surface area (Å²) in [4.78, 5) is 0. The van der Waals surface area contributed by atoms with E-state index in [0.717, 1.165) is 23.5 Å². The van der Waals surface area contributed by atoms with Gasteiger partial charge in [-0.3, -0.25) is 0 Å². The van der Waals surface area contributed by atoms with Crippen LogP contribution in [-0.4, -0.2) is 13.7 Å². The molecule has 0 saturated heterocycles. The highest BCUT2D eigenvalue weighted by Crippen LogP contribution is 2.28. The average Bonchev–Trinajstić information content (AvgIpc) is 2.26. The molecule has 0 radical (unpaired) electrons. The van der Waals surface area contributed by atoms with Crippen LogP contribution in [-0.2, 0) is 0 Å². The van der Waals surface area contributed by atoms with Crippen LogP contribution in [0.2, 0.25) is 0 Å².